The Bertz CT molecular complexity index is 891. The fourth-order valence-corrected chi connectivity index (χ4v) is 3.34. The predicted octanol–water partition coefficient (Wildman–Crippen LogP) is 4.35. The number of carboxylic acid groups (broad SMARTS) is 2. The number of nitrogens with zero attached hydrogens (tertiary/aromatic N) is 1. The summed E-state index contributed by atoms with van der Waals surface area (Å²) in [7, 11) is 0. The van der Waals surface area contributed by atoms with Crippen molar-refractivity contribution in [3.8, 4) is 0 Å². The van der Waals surface area contributed by atoms with E-state index in [0.29, 0.717) is 11.1 Å². The largest absolute Gasteiger partial charge is 0.481 e. The van der Waals surface area contributed by atoms with Crippen LogP contribution in [0.2, 0.25) is 0 Å². The number of aliphatic carboxylic acids is 2. The van der Waals surface area contributed by atoms with Gasteiger partial charge in [-0.25, -0.2) is 9.59 Å². The molecule has 0 aliphatic heterocycles. The molecule has 0 saturated heterocycles. The average molecular weight is 427 g/mol. The van der Waals surface area contributed by atoms with Crippen LogP contribution in [0.15, 0.2) is 60.7 Å². The molecule has 2 aromatic carbocycles. The monoisotopic (exact) mass is 427 g/mol. The molecule has 2 N–H and O–H groups in total. The summed E-state index contributed by atoms with van der Waals surface area (Å²) in [5.74, 6) is -2.41. The molecule has 166 valence electrons. The van der Waals surface area contributed by atoms with Gasteiger partial charge >= 0.3 is 18.0 Å². The summed E-state index contributed by atoms with van der Waals surface area (Å²) in [6, 6.07) is 17.8. The Morgan fingerprint density at radius 2 is 1.39 bits per heavy atom. The van der Waals surface area contributed by atoms with Crippen LogP contribution in [-0.4, -0.2) is 44.3 Å². The molecule has 0 aliphatic carbocycles. The van der Waals surface area contributed by atoms with E-state index in [1.54, 1.807) is 75.4 Å². The Labute approximate surface area is 182 Å². The number of rotatable bonds is 9. The molecule has 1 atom stereocenters. The first-order valence-electron chi connectivity index (χ1n) is 10.1. The van der Waals surface area contributed by atoms with Gasteiger partial charge in [-0.05, 0) is 38.3 Å². The van der Waals surface area contributed by atoms with Crippen molar-refractivity contribution >= 4 is 18.0 Å². The molecule has 7 heteroatoms. The third-order valence-electron chi connectivity index (χ3n) is 4.80. The molecule has 0 aromatic heterocycles. The second kappa shape index (κ2) is 10.1. The fraction of sp³-hybridized carbons (Fsp3) is 0.375. The topological polar surface area (TPSA) is 104 Å². The van der Waals surface area contributed by atoms with Crippen LogP contribution in [0, 0.1) is 0 Å². The zero-order valence-corrected chi connectivity index (χ0v) is 18.1. The Morgan fingerprint density at radius 1 is 0.871 bits per heavy atom. The van der Waals surface area contributed by atoms with Crippen molar-refractivity contribution in [2.24, 2.45) is 0 Å². The van der Waals surface area contributed by atoms with Gasteiger partial charge in [0.25, 0.3) is 0 Å². The van der Waals surface area contributed by atoms with Gasteiger partial charge < -0.3 is 14.9 Å². The van der Waals surface area contributed by atoms with Crippen molar-refractivity contribution < 1.29 is 29.3 Å². The number of carbonyl (C=O) groups excluding carboxylic acids is 1. The van der Waals surface area contributed by atoms with E-state index >= 15 is 0 Å². The number of carbonyl (C=O) groups is 3. The number of ether oxygens (including phenoxy) is 1. The highest BCUT2D eigenvalue weighted by Gasteiger charge is 2.48. The minimum absolute atomic E-state index is 0.0332. The third kappa shape index (κ3) is 6.84. The van der Waals surface area contributed by atoms with Crippen LogP contribution in [0.1, 0.15) is 44.7 Å². The lowest BCUT2D eigenvalue weighted by Gasteiger charge is -2.41. The number of hydrogen-bond donors (Lipinski definition) is 2. The SMILES string of the molecule is CC(C)(C)OC(=O)N(Cc1ccccc1)[C@](CCC(=O)O)(Cc1ccccc1)C(=O)O. The number of benzene rings is 2. The minimum atomic E-state index is -1.81. The van der Waals surface area contributed by atoms with Gasteiger partial charge in [0.15, 0.2) is 0 Å². The Balaban J connectivity index is 2.59. The molecule has 2 aromatic rings. The zero-order valence-electron chi connectivity index (χ0n) is 18.1. The van der Waals surface area contributed by atoms with E-state index in [1.165, 1.54) is 0 Å². The smallest absolute Gasteiger partial charge is 0.411 e. The van der Waals surface area contributed by atoms with Gasteiger partial charge in [-0.1, -0.05) is 60.7 Å². The van der Waals surface area contributed by atoms with Gasteiger partial charge in [-0.2, -0.15) is 0 Å². The predicted molar refractivity (Wildman–Crippen MR) is 116 cm³/mol. The Morgan fingerprint density at radius 3 is 1.84 bits per heavy atom. The van der Waals surface area contributed by atoms with Gasteiger partial charge in [-0.15, -0.1) is 0 Å². The molecule has 0 spiro atoms. The lowest BCUT2D eigenvalue weighted by molar-refractivity contribution is -0.153. The molecule has 31 heavy (non-hydrogen) atoms. The van der Waals surface area contributed by atoms with Crippen molar-refractivity contribution in [1.82, 2.24) is 4.90 Å². The first-order valence-corrected chi connectivity index (χ1v) is 10.1. The van der Waals surface area contributed by atoms with E-state index in [-0.39, 0.29) is 19.4 Å². The summed E-state index contributed by atoms with van der Waals surface area (Å²) < 4.78 is 5.55. The summed E-state index contributed by atoms with van der Waals surface area (Å²) >= 11 is 0. The normalized spacial score (nSPS) is 13.1. The molecule has 0 unspecified atom stereocenters. The summed E-state index contributed by atoms with van der Waals surface area (Å²) in [6.07, 6.45) is -1.53. The van der Waals surface area contributed by atoms with Gasteiger partial charge in [0.1, 0.15) is 11.1 Å². The van der Waals surface area contributed by atoms with Gasteiger partial charge in [-0.3, -0.25) is 9.69 Å². The first-order chi connectivity index (χ1) is 14.5. The summed E-state index contributed by atoms with van der Waals surface area (Å²) in [6.45, 7) is 5.06. The van der Waals surface area contributed by atoms with Crippen molar-refractivity contribution in [2.75, 3.05) is 0 Å². The van der Waals surface area contributed by atoms with E-state index in [0.717, 1.165) is 4.90 Å². The standard InChI is InChI=1S/C24H29NO6/c1-23(2,3)31-22(30)25(17-19-12-8-5-9-13-19)24(21(28)29,15-14-20(26)27)16-18-10-6-4-7-11-18/h4-13H,14-17H2,1-3H3,(H,26,27)(H,28,29)/t24-/m1/s1. The minimum Gasteiger partial charge on any atom is -0.481 e. The summed E-state index contributed by atoms with van der Waals surface area (Å²) in [5.41, 5.74) is -1.27. The van der Waals surface area contributed by atoms with Crippen LogP contribution in [0.25, 0.3) is 0 Å². The highest BCUT2D eigenvalue weighted by molar-refractivity contribution is 5.85. The molecule has 7 nitrogen and oxygen atoms in total. The number of hydrogen-bond acceptors (Lipinski definition) is 4. The fourth-order valence-electron chi connectivity index (χ4n) is 3.34. The van der Waals surface area contributed by atoms with Crippen molar-refractivity contribution in [3.63, 3.8) is 0 Å². The lowest BCUT2D eigenvalue weighted by atomic mass is 9.84. The van der Waals surface area contributed by atoms with Crippen LogP contribution < -0.4 is 0 Å². The zero-order chi connectivity index (χ0) is 23.1. The molecular formula is C24H29NO6. The maximum Gasteiger partial charge on any atom is 0.411 e. The molecule has 1 amide bonds. The van der Waals surface area contributed by atoms with E-state index in [1.807, 2.05) is 6.07 Å². The van der Waals surface area contributed by atoms with Crippen LogP contribution in [0.3, 0.4) is 0 Å². The summed E-state index contributed by atoms with van der Waals surface area (Å²) in [5, 5.41) is 19.6. The molecule has 2 rings (SSSR count). The molecule has 0 radical (unpaired) electrons. The molecular weight excluding hydrogens is 398 g/mol. The van der Waals surface area contributed by atoms with Gasteiger partial charge in [0.2, 0.25) is 0 Å². The molecule has 0 bridgehead atoms. The maximum absolute atomic E-state index is 13.2. The highest BCUT2D eigenvalue weighted by atomic mass is 16.6. The number of carboxylic acids is 2. The average Bonchev–Trinajstić information content (AvgIpc) is 2.69. The van der Waals surface area contributed by atoms with E-state index in [9.17, 15) is 24.6 Å². The summed E-state index contributed by atoms with van der Waals surface area (Å²) in [4.78, 5) is 38.5. The quantitative estimate of drug-likeness (QED) is 0.616. The molecule has 0 fully saturated rings. The van der Waals surface area contributed by atoms with E-state index < -0.39 is 35.6 Å². The van der Waals surface area contributed by atoms with Crippen LogP contribution in [0.4, 0.5) is 4.79 Å². The Hall–Kier alpha value is -3.35. The second-order valence-electron chi connectivity index (χ2n) is 8.44. The van der Waals surface area contributed by atoms with E-state index in [2.05, 4.69) is 0 Å². The van der Waals surface area contributed by atoms with E-state index in [4.69, 9.17) is 4.74 Å². The first kappa shape index (κ1) is 23.9. The molecule has 0 saturated carbocycles. The van der Waals surface area contributed by atoms with Crippen molar-refractivity contribution in [3.05, 3.63) is 71.8 Å². The highest BCUT2D eigenvalue weighted by Crippen LogP contribution is 2.31. The van der Waals surface area contributed by atoms with Crippen molar-refractivity contribution in [2.45, 2.75) is 57.7 Å². The van der Waals surface area contributed by atoms with Gasteiger partial charge in [0.05, 0.1) is 6.54 Å². The second-order valence-corrected chi connectivity index (χ2v) is 8.44. The van der Waals surface area contributed by atoms with Crippen LogP contribution >= 0.6 is 0 Å². The van der Waals surface area contributed by atoms with Crippen molar-refractivity contribution in [1.29, 1.82) is 0 Å². The third-order valence-corrected chi connectivity index (χ3v) is 4.80. The Kier molecular flexibility index (Phi) is 7.80. The molecule has 0 aliphatic rings. The lowest BCUT2D eigenvalue weighted by Crippen LogP contribution is -2.59. The molecule has 0 heterocycles. The number of amides is 1. The van der Waals surface area contributed by atoms with Gasteiger partial charge in [0, 0.05) is 12.8 Å². The maximum atomic E-state index is 13.2. The van der Waals surface area contributed by atoms with Crippen LogP contribution in [0.5, 0.6) is 0 Å². The van der Waals surface area contributed by atoms with Crippen LogP contribution in [-0.2, 0) is 27.3 Å².